The molecule has 0 spiro atoms. The summed E-state index contributed by atoms with van der Waals surface area (Å²) in [7, 11) is 6.02. The molecule has 0 unspecified atom stereocenters. The standard InChI is InChI=1S/C35H75ClGe2/c1-6-11-16-21-26-31-37(32-27-22-17-12-7-2,33-28-23-18-13-8-3)38(36,34-29-24-19-14-9-4)35-30-25-20-15-10-5/h6-35H2,1-5H3. The minimum absolute atomic E-state index is 1.36. The molecule has 38 heavy (non-hydrogen) atoms. The molecule has 0 aromatic carbocycles. The van der Waals surface area contributed by atoms with E-state index in [1.807, 2.05) is 0 Å². The molecular formula is C35H75ClGe2. The maximum absolute atomic E-state index is 8.38. The Balaban J connectivity index is 5.79. The summed E-state index contributed by atoms with van der Waals surface area (Å²) < 4.78 is 0. The van der Waals surface area contributed by atoms with Crippen LogP contribution in [0.15, 0.2) is 0 Å². The minimum atomic E-state index is -2.36. The van der Waals surface area contributed by atoms with E-state index < -0.39 is 21.7 Å². The van der Waals surface area contributed by atoms with Gasteiger partial charge in [0.05, 0.1) is 0 Å². The van der Waals surface area contributed by atoms with Gasteiger partial charge >= 0.3 is 253 Å². The van der Waals surface area contributed by atoms with E-state index >= 15 is 0 Å². The monoisotopic (exact) mass is 678 g/mol. The molecule has 0 aromatic heterocycles. The van der Waals surface area contributed by atoms with Crippen molar-refractivity contribution in [2.75, 3.05) is 0 Å². The summed E-state index contributed by atoms with van der Waals surface area (Å²) in [5, 5.41) is 8.08. The Hall–Kier alpha value is 1.38. The molecule has 0 N–H and O–H groups in total. The van der Waals surface area contributed by atoms with Crippen LogP contribution in [-0.2, 0) is 0 Å². The fourth-order valence-corrected chi connectivity index (χ4v) is 68.2. The van der Waals surface area contributed by atoms with Gasteiger partial charge in [-0.2, -0.15) is 0 Å². The van der Waals surface area contributed by atoms with Crippen LogP contribution in [0.4, 0.5) is 0 Å². The molecule has 0 aromatic rings. The third kappa shape index (κ3) is 19.5. The van der Waals surface area contributed by atoms with E-state index in [1.54, 1.807) is 15.8 Å². The van der Waals surface area contributed by atoms with Gasteiger partial charge in [0.25, 0.3) is 0 Å². The van der Waals surface area contributed by atoms with Gasteiger partial charge in [-0.25, -0.2) is 0 Å². The first kappa shape index (κ1) is 39.4. The van der Waals surface area contributed by atoms with Gasteiger partial charge in [-0.05, 0) is 0 Å². The summed E-state index contributed by atoms with van der Waals surface area (Å²) in [4.78, 5) is 0. The van der Waals surface area contributed by atoms with Crippen molar-refractivity contribution in [3.8, 4) is 0 Å². The van der Waals surface area contributed by atoms with Crippen molar-refractivity contribution in [2.24, 2.45) is 0 Å². The van der Waals surface area contributed by atoms with Gasteiger partial charge in [-0.3, -0.25) is 0 Å². The second-order valence-electron chi connectivity index (χ2n) is 13.1. The molecule has 0 heterocycles. The summed E-state index contributed by atoms with van der Waals surface area (Å²) in [6.07, 6.45) is 36.3. The number of unbranched alkanes of at least 4 members (excludes halogenated alkanes) is 20. The molecule has 230 valence electrons. The van der Waals surface area contributed by atoms with Crippen molar-refractivity contribution in [3.63, 3.8) is 0 Å². The number of hydrogen-bond donors (Lipinski definition) is 0. The zero-order valence-corrected chi connectivity index (χ0v) is 32.5. The summed E-state index contributed by atoms with van der Waals surface area (Å²) in [5.74, 6) is 0. The molecule has 0 rings (SSSR count). The predicted molar refractivity (Wildman–Crippen MR) is 185 cm³/mol. The Morgan fingerprint density at radius 2 is 0.500 bits per heavy atom. The van der Waals surface area contributed by atoms with Gasteiger partial charge in [-0.15, -0.1) is 0 Å². The normalized spacial score (nSPS) is 12.5. The van der Waals surface area contributed by atoms with Crippen molar-refractivity contribution in [1.29, 1.82) is 0 Å². The quantitative estimate of drug-likeness (QED) is 0.0506. The first-order valence-electron chi connectivity index (χ1n) is 18.2. The zero-order valence-electron chi connectivity index (χ0n) is 27.6. The maximum atomic E-state index is 8.38. The van der Waals surface area contributed by atoms with Gasteiger partial charge in [0, 0.05) is 0 Å². The van der Waals surface area contributed by atoms with Crippen LogP contribution < -0.4 is 0 Å². The summed E-state index contributed by atoms with van der Waals surface area (Å²) >= 11 is -2.10. The topological polar surface area (TPSA) is 0 Å². The average Bonchev–Trinajstić information content (AvgIpc) is 2.92. The fourth-order valence-electron chi connectivity index (χ4n) is 6.92. The number of rotatable bonds is 31. The molecule has 0 amide bonds. The molecule has 0 aliphatic heterocycles. The van der Waals surface area contributed by atoms with E-state index in [4.69, 9.17) is 10.0 Å². The van der Waals surface area contributed by atoms with Gasteiger partial charge in [0.15, 0.2) is 0 Å². The summed E-state index contributed by atoms with van der Waals surface area (Å²) in [6.45, 7) is 11.8. The van der Waals surface area contributed by atoms with Gasteiger partial charge in [0.1, 0.15) is 0 Å². The average molecular weight is 677 g/mol. The molecule has 0 fully saturated rings. The van der Waals surface area contributed by atoms with Crippen LogP contribution in [0.3, 0.4) is 0 Å². The molecule has 0 aliphatic rings. The Labute approximate surface area is 251 Å². The third-order valence-electron chi connectivity index (χ3n) is 9.58. The van der Waals surface area contributed by atoms with Crippen molar-refractivity contribution >= 4 is 31.7 Å². The van der Waals surface area contributed by atoms with Crippen molar-refractivity contribution < 1.29 is 0 Å². The van der Waals surface area contributed by atoms with E-state index in [1.165, 1.54) is 171 Å². The summed E-state index contributed by atoms with van der Waals surface area (Å²) in [6, 6.07) is 0. The molecule has 0 aliphatic carbocycles. The van der Waals surface area contributed by atoms with Gasteiger partial charge in [0.2, 0.25) is 0 Å². The third-order valence-corrected chi connectivity index (χ3v) is 73.8. The van der Waals surface area contributed by atoms with E-state index in [-0.39, 0.29) is 0 Å². The van der Waals surface area contributed by atoms with E-state index in [0.29, 0.717) is 0 Å². The molecule has 0 nitrogen and oxygen atoms in total. The van der Waals surface area contributed by atoms with Crippen LogP contribution in [0, 0.1) is 0 Å². The second kappa shape index (κ2) is 28.5. The fraction of sp³-hybridized carbons (Fsp3) is 1.00. The van der Waals surface area contributed by atoms with E-state index in [9.17, 15) is 0 Å². The van der Waals surface area contributed by atoms with Crippen molar-refractivity contribution in [3.05, 3.63) is 0 Å². The Kier molecular flexibility index (Phi) is 29.5. The Morgan fingerprint density at radius 1 is 0.289 bits per heavy atom. The number of hydrogen-bond acceptors (Lipinski definition) is 0. The predicted octanol–water partition coefficient (Wildman–Crippen LogP) is 14.5. The molecule has 0 bridgehead atoms. The summed E-state index contributed by atoms with van der Waals surface area (Å²) in [5.41, 5.74) is 0. The molecule has 0 atom stereocenters. The first-order chi connectivity index (χ1) is 18.6. The Bertz CT molecular complexity index is 417. The second-order valence-corrected chi connectivity index (χ2v) is 56.9. The van der Waals surface area contributed by atoms with Crippen LogP contribution in [0.1, 0.15) is 195 Å². The van der Waals surface area contributed by atoms with Crippen LogP contribution in [-0.4, -0.2) is 21.7 Å². The van der Waals surface area contributed by atoms with E-state index in [2.05, 4.69) is 34.6 Å². The first-order valence-corrected chi connectivity index (χ1v) is 34.9. The molecule has 0 radical (unpaired) electrons. The molecule has 0 saturated carbocycles. The molecule has 0 saturated heterocycles. The van der Waals surface area contributed by atoms with Gasteiger partial charge in [-0.1, -0.05) is 0 Å². The molecule has 3 heteroatoms. The van der Waals surface area contributed by atoms with Crippen LogP contribution in [0.25, 0.3) is 0 Å². The Morgan fingerprint density at radius 3 is 0.737 bits per heavy atom. The van der Waals surface area contributed by atoms with Crippen molar-refractivity contribution in [1.82, 2.24) is 0 Å². The van der Waals surface area contributed by atoms with Crippen LogP contribution in [0.5, 0.6) is 0 Å². The molecular weight excluding hydrogens is 601 g/mol. The SMILES string of the molecule is CCCCCC[CH2][Ge]([Cl])([CH2]CCCCCC)[Ge]([CH2]CCCCCC)([CH2]CCCCCC)[CH2]CCCCCC. The van der Waals surface area contributed by atoms with Gasteiger partial charge < -0.3 is 0 Å². The van der Waals surface area contributed by atoms with Crippen LogP contribution >= 0.6 is 10.0 Å². The number of halogens is 1. The zero-order chi connectivity index (χ0) is 28.2. The van der Waals surface area contributed by atoms with Crippen LogP contribution in [0.2, 0.25) is 26.3 Å². The van der Waals surface area contributed by atoms with E-state index in [0.717, 1.165) is 0 Å². The van der Waals surface area contributed by atoms with Crippen molar-refractivity contribution in [2.45, 2.75) is 221 Å².